The molecule has 0 atom stereocenters. The van der Waals surface area contributed by atoms with Crippen LogP contribution in [0.15, 0.2) is 67.0 Å². The Bertz CT molecular complexity index is 719. The zero-order chi connectivity index (χ0) is 13.1. The zero-order valence-corrected chi connectivity index (χ0v) is 10.4. The molecule has 19 heavy (non-hydrogen) atoms. The Labute approximate surface area is 111 Å². The van der Waals surface area contributed by atoms with E-state index in [1.807, 2.05) is 54.6 Å². The number of nitrogens with zero attached hydrogens (tertiary/aromatic N) is 1. The van der Waals surface area contributed by atoms with Crippen LogP contribution in [0.3, 0.4) is 0 Å². The molecule has 0 aliphatic heterocycles. The summed E-state index contributed by atoms with van der Waals surface area (Å²) in [4.78, 5) is 16.3. The summed E-state index contributed by atoms with van der Waals surface area (Å²) < 4.78 is 0. The third-order valence-electron chi connectivity index (χ3n) is 3.16. The number of fused-ring (bicyclic) bond motifs is 1. The number of hydrogen-bond acceptors (Lipinski definition) is 2. The summed E-state index contributed by atoms with van der Waals surface area (Å²) in [6.45, 7) is 0. The highest BCUT2D eigenvalue weighted by Gasteiger charge is 2.07. The first kappa shape index (κ1) is 11.6. The first-order chi connectivity index (χ1) is 9.33. The summed E-state index contributed by atoms with van der Waals surface area (Å²) in [5, 5.41) is 2.25. The molecule has 0 unspecified atom stereocenters. The van der Waals surface area contributed by atoms with Crippen molar-refractivity contribution in [2.45, 2.75) is 6.42 Å². The Morgan fingerprint density at radius 3 is 2.58 bits per heavy atom. The van der Waals surface area contributed by atoms with Crippen LogP contribution in [0.1, 0.15) is 15.9 Å². The predicted octanol–water partition coefficient (Wildman–Crippen LogP) is 3.66. The minimum atomic E-state index is 0.124. The molecule has 0 saturated heterocycles. The third kappa shape index (κ3) is 2.52. The van der Waals surface area contributed by atoms with Gasteiger partial charge >= 0.3 is 0 Å². The first-order valence-corrected chi connectivity index (χ1v) is 6.24. The van der Waals surface area contributed by atoms with E-state index in [-0.39, 0.29) is 5.78 Å². The normalized spacial score (nSPS) is 10.5. The van der Waals surface area contributed by atoms with Crippen molar-refractivity contribution in [2.75, 3.05) is 0 Å². The highest BCUT2D eigenvalue weighted by atomic mass is 16.1. The molecule has 2 nitrogen and oxygen atoms in total. The molecule has 2 aromatic carbocycles. The Balaban J connectivity index is 1.89. The second kappa shape index (κ2) is 5.02. The summed E-state index contributed by atoms with van der Waals surface area (Å²) in [6, 6.07) is 17.7. The van der Waals surface area contributed by atoms with Gasteiger partial charge in [0.25, 0.3) is 0 Å². The quantitative estimate of drug-likeness (QED) is 0.661. The minimum absolute atomic E-state index is 0.124. The monoisotopic (exact) mass is 247 g/mol. The Kier molecular flexibility index (Phi) is 3.07. The molecule has 1 aromatic heterocycles. The largest absolute Gasteiger partial charge is 0.294 e. The van der Waals surface area contributed by atoms with Crippen molar-refractivity contribution in [3.63, 3.8) is 0 Å². The van der Waals surface area contributed by atoms with Gasteiger partial charge in [-0.05, 0) is 28.5 Å². The van der Waals surface area contributed by atoms with E-state index >= 15 is 0 Å². The molecule has 0 spiro atoms. The van der Waals surface area contributed by atoms with Gasteiger partial charge in [0.1, 0.15) is 0 Å². The molecule has 92 valence electrons. The van der Waals surface area contributed by atoms with Crippen molar-refractivity contribution in [1.82, 2.24) is 4.98 Å². The van der Waals surface area contributed by atoms with Crippen molar-refractivity contribution in [3.05, 3.63) is 78.1 Å². The van der Waals surface area contributed by atoms with Gasteiger partial charge < -0.3 is 0 Å². The summed E-state index contributed by atoms with van der Waals surface area (Å²) in [6.07, 6.45) is 3.84. The summed E-state index contributed by atoms with van der Waals surface area (Å²) in [5.41, 5.74) is 1.70. The topological polar surface area (TPSA) is 30.0 Å². The van der Waals surface area contributed by atoms with E-state index in [4.69, 9.17) is 0 Å². The molecular weight excluding hydrogens is 234 g/mol. The molecule has 2 heteroatoms. The number of pyridine rings is 1. The van der Waals surface area contributed by atoms with Gasteiger partial charge in [-0.1, -0.05) is 42.5 Å². The van der Waals surface area contributed by atoms with Crippen molar-refractivity contribution in [1.29, 1.82) is 0 Å². The van der Waals surface area contributed by atoms with Crippen LogP contribution in [-0.2, 0) is 6.42 Å². The lowest BCUT2D eigenvalue weighted by Crippen LogP contribution is -2.03. The molecule has 3 rings (SSSR count). The van der Waals surface area contributed by atoms with E-state index in [0.717, 1.165) is 21.9 Å². The molecule has 0 radical (unpaired) electrons. The van der Waals surface area contributed by atoms with Crippen molar-refractivity contribution < 1.29 is 4.79 Å². The van der Waals surface area contributed by atoms with Gasteiger partial charge in [0.05, 0.1) is 0 Å². The number of ketones is 1. The van der Waals surface area contributed by atoms with Crippen LogP contribution in [0.5, 0.6) is 0 Å². The standard InChI is InChI=1S/C17H13NO/c19-17(10-13-4-3-9-18-12-13)16-8-7-14-5-1-2-6-15(14)11-16/h1-9,11-12H,10H2. The van der Waals surface area contributed by atoms with Crippen LogP contribution >= 0.6 is 0 Å². The van der Waals surface area contributed by atoms with Crippen LogP contribution in [0.2, 0.25) is 0 Å². The highest BCUT2D eigenvalue weighted by molar-refractivity contribution is 6.00. The number of Topliss-reactive ketones (excluding diaryl/α,β-unsaturated/α-hetero) is 1. The molecule has 1 heterocycles. The average molecular weight is 247 g/mol. The van der Waals surface area contributed by atoms with Crippen molar-refractivity contribution in [3.8, 4) is 0 Å². The maximum Gasteiger partial charge on any atom is 0.167 e. The Morgan fingerprint density at radius 1 is 0.947 bits per heavy atom. The summed E-state index contributed by atoms with van der Waals surface area (Å²) >= 11 is 0. The van der Waals surface area contributed by atoms with Gasteiger partial charge in [-0.15, -0.1) is 0 Å². The predicted molar refractivity (Wildman–Crippen MR) is 76.2 cm³/mol. The Hall–Kier alpha value is -2.48. The fraction of sp³-hybridized carbons (Fsp3) is 0.0588. The lowest BCUT2D eigenvalue weighted by atomic mass is 10.0. The van der Waals surface area contributed by atoms with Crippen LogP contribution in [0, 0.1) is 0 Å². The maximum atomic E-state index is 12.2. The number of rotatable bonds is 3. The average Bonchev–Trinajstić information content (AvgIpc) is 2.48. The van der Waals surface area contributed by atoms with Gasteiger partial charge in [-0.25, -0.2) is 0 Å². The fourth-order valence-corrected chi connectivity index (χ4v) is 2.15. The molecule has 0 aliphatic rings. The number of carbonyl (C=O) groups excluding carboxylic acids is 1. The number of hydrogen-bond donors (Lipinski definition) is 0. The zero-order valence-electron chi connectivity index (χ0n) is 10.4. The summed E-state index contributed by atoms with van der Waals surface area (Å²) in [7, 11) is 0. The first-order valence-electron chi connectivity index (χ1n) is 6.24. The van der Waals surface area contributed by atoms with Gasteiger partial charge in [0.15, 0.2) is 5.78 Å². The Morgan fingerprint density at radius 2 is 1.79 bits per heavy atom. The fourth-order valence-electron chi connectivity index (χ4n) is 2.15. The molecule has 0 aliphatic carbocycles. The van der Waals surface area contributed by atoms with Gasteiger partial charge in [-0.2, -0.15) is 0 Å². The van der Waals surface area contributed by atoms with Gasteiger partial charge in [-0.3, -0.25) is 9.78 Å². The van der Waals surface area contributed by atoms with Gasteiger partial charge in [0.2, 0.25) is 0 Å². The number of benzene rings is 2. The second-order valence-electron chi connectivity index (χ2n) is 4.52. The van der Waals surface area contributed by atoms with E-state index in [1.54, 1.807) is 12.4 Å². The number of carbonyl (C=O) groups is 1. The third-order valence-corrected chi connectivity index (χ3v) is 3.16. The molecule has 0 N–H and O–H groups in total. The van der Waals surface area contributed by atoms with Crippen molar-refractivity contribution in [2.24, 2.45) is 0 Å². The SMILES string of the molecule is O=C(Cc1cccnc1)c1ccc2ccccc2c1. The highest BCUT2D eigenvalue weighted by Crippen LogP contribution is 2.17. The lowest BCUT2D eigenvalue weighted by Gasteiger charge is -2.03. The van der Waals surface area contributed by atoms with Crippen LogP contribution in [-0.4, -0.2) is 10.8 Å². The molecule has 0 bridgehead atoms. The number of aromatic nitrogens is 1. The van der Waals surface area contributed by atoms with Gasteiger partial charge in [0, 0.05) is 24.4 Å². The molecular formula is C17H13NO. The molecule has 3 aromatic rings. The molecule has 0 amide bonds. The van der Waals surface area contributed by atoms with E-state index in [1.165, 1.54) is 0 Å². The molecule has 0 fully saturated rings. The lowest BCUT2D eigenvalue weighted by molar-refractivity contribution is 0.0993. The van der Waals surface area contributed by atoms with Crippen LogP contribution in [0.25, 0.3) is 10.8 Å². The second-order valence-corrected chi connectivity index (χ2v) is 4.52. The minimum Gasteiger partial charge on any atom is -0.294 e. The van der Waals surface area contributed by atoms with Crippen LogP contribution < -0.4 is 0 Å². The van der Waals surface area contributed by atoms with E-state index in [2.05, 4.69) is 4.98 Å². The smallest absolute Gasteiger partial charge is 0.167 e. The van der Waals surface area contributed by atoms with Crippen LogP contribution in [0.4, 0.5) is 0 Å². The molecule has 0 saturated carbocycles. The van der Waals surface area contributed by atoms with E-state index in [0.29, 0.717) is 6.42 Å². The maximum absolute atomic E-state index is 12.2. The van der Waals surface area contributed by atoms with E-state index < -0.39 is 0 Å². The summed E-state index contributed by atoms with van der Waals surface area (Å²) in [5.74, 6) is 0.124. The van der Waals surface area contributed by atoms with Crippen molar-refractivity contribution >= 4 is 16.6 Å². The van der Waals surface area contributed by atoms with E-state index in [9.17, 15) is 4.79 Å².